The lowest BCUT2D eigenvalue weighted by Gasteiger charge is -2.05. The smallest absolute Gasteiger partial charge is 0.0953 e. The monoisotopic (exact) mass is 201 g/mol. The first-order valence-electron chi connectivity index (χ1n) is 5.00. The van der Waals surface area contributed by atoms with Crippen LogP contribution in [0.1, 0.15) is 11.3 Å². The quantitative estimate of drug-likeness (QED) is 0.806. The molecule has 0 saturated heterocycles. The van der Waals surface area contributed by atoms with E-state index in [1.165, 1.54) is 11.1 Å². The molecular weight excluding hydrogens is 186 g/mol. The fourth-order valence-corrected chi connectivity index (χ4v) is 1.76. The lowest BCUT2D eigenvalue weighted by molar-refractivity contribution is 0.821. The molecule has 2 N–H and O–H groups in total. The Morgan fingerprint density at radius 3 is 2.73 bits per heavy atom. The standard InChI is InChI=1S/C12H15N3/c1-9-5-3-4-6-10(9)12-11(7-13)15(2)8-14-12/h3-6,8H,7,13H2,1-2H3. The molecule has 3 nitrogen and oxygen atoms in total. The Labute approximate surface area is 89.6 Å². The highest BCUT2D eigenvalue weighted by Crippen LogP contribution is 2.24. The second kappa shape index (κ2) is 3.87. The zero-order chi connectivity index (χ0) is 10.8. The Morgan fingerprint density at radius 2 is 2.07 bits per heavy atom. The minimum Gasteiger partial charge on any atom is -0.336 e. The van der Waals surface area contributed by atoms with Crippen LogP contribution in [0.15, 0.2) is 30.6 Å². The Kier molecular flexibility index (Phi) is 2.56. The van der Waals surface area contributed by atoms with Crippen LogP contribution in [0.3, 0.4) is 0 Å². The van der Waals surface area contributed by atoms with Gasteiger partial charge in [0.15, 0.2) is 0 Å². The molecule has 3 heteroatoms. The average molecular weight is 201 g/mol. The van der Waals surface area contributed by atoms with Crippen LogP contribution < -0.4 is 5.73 Å². The number of hydrogen-bond donors (Lipinski definition) is 1. The van der Waals surface area contributed by atoms with Gasteiger partial charge in [-0.1, -0.05) is 24.3 Å². The summed E-state index contributed by atoms with van der Waals surface area (Å²) >= 11 is 0. The lowest BCUT2D eigenvalue weighted by Crippen LogP contribution is -2.04. The summed E-state index contributed by atoms with van der Waals surface area (Å²) < 4.78 is 1.97. The normalized spacial score (nSPS) is 10.6. The van der Waals surface area contributed by atoms with E-state index < -0.39 is 0 Å². The molecule has 0 amide bonds. The first kappa shape index (κ1) is 9.93. The third kappa shape index (κ3) is 1.66. The van der Waals surface area contributed by atoms with E-state index in [1.807, 2.05) is 30.1 Å². The predicted molar refractivity (Wildman–Crippen MR) is 61.3 cm³/mol. The summed E-state index contributed by atoms with van der Waals surface area (Å²) in [5.74, 6) is 0. The summed E-state index contributed by atoms with van der Waals surface area (Å²) in [4.78, 5) is 4.40. The maximum Gasteiger partial charge on any atom is 0.0953 e. The highest BCUT2D eigenvalue weighted by molar-refractivity contribution is 5.65. The first-order chi connectivity index (χ1) is 7.24. The lowest BCUT2D eigenvalue weighted by atomic mass is 10.0. The minimum atomic E-state index is 0.514. The van der Waals surface area contributed by atoms with Gasteiger partial charge in [-0.25, -0.2) is 4.98 Å². The van der Waals surface area contributed by atoms with Crippen LogP contribution in [-0.2, 0) is 13.6 Å². The van der Waals surface area contributed by atoms with Gasteiger partial charge >= 0.3 is 0 Å². The van der Waals surface area contributed by atoms with Gasteiger partial charge in [0, 0.05) is 19.2 Å². The van der Waals surface area contributed by atoms with Crippen LogP contribution in [0.4, 0.5) is 0 Å². The fourth-order valence-electron chi connectivity index (χ4n) is 1.76. The predicted octanol–water partition coefficient (Wildman–Crippen LogP) is 1.85. The zero-order valence-corrected chi connectivity index (χ0v) is 9.07. The van der Waals surface area contributed by atoms with Crippen molar-refractivity contribution in [2.24, 2.45) is 12.8 Å². The second-order valence-electron chi connectivity index (χ2n) is 3.67. The number of nitrogens with two attached hydrogens (primary N) is 1. The van der Waals surface area contributed by atoms with Crippen LogP contribution in [0.2, 0.25) is 0 Å². The van der Waals surface area contributed by atoms with Crippen molar-refractivity contribution in [2.45, 2.75) is 13.5 Å². The molecule has 0 aliphatic heterocycles. The number of hydrogen-bond acceptors (Lipinski definition) is 2. The molecule has 0 unspecified atom stereocenters. The van der Waals surface area contributed by atoms with Gasteiger partial charge in [0.25, 0.3) is 0 Å². The number of nitrogens with zero attached hydrogens (tertiary/aromatic N) is 2. The fraction of sp³-hybridized carbons (Fsp3) is 0.250. The first-order valence-corrected chi connectivity index (χ1v) is 5.00. The van der Waals surface area contributed by atoms with Gasteiger partial charge in [-0.05, 0) is 12.5 Å². The summed E-state index contributed by atoms with van der Waals surface area (Å²) in [6.07, 6.45) is 1.81. The maximum atomic E-state index is 5.72. The second-order valence-corrected chi connectivity index (χ2v) is 3.67. The largest absolute Gasteiger partial charge is 0.336 e. The third-order valence-corrected chi connectivity index (χ3v) is 2.65. The van der Waals surface area contributed by atoms with E-state index in [0.717, 1.165) is 11.4 Å². The van der Waals surface area contributed by atoms with E-state index in [-0.39, 0.29) is 0 Å². The molecule has 15 heavy (non-hydrogen) atoms. The molecule has 2 rings (SSSR count). The van der Waals surface area contributed by atoms with Crippen LogP contribution in [0, 0.1) is 6.92 Å². The van der Waals surface area contributed by atoms with Gasteiger partial charge in [0.05, 0.1) is 17.7 Å². The molecule has 2 aromatic rings. The van der Waals surface area contributed by atoms with E-state index in [2.05, 4.69) is 24.0 Å². The van der Waals surface area contributed by atoms with Crippen LogP contribution >= 0.6 is 0 Å². The van der Waals surface area contributed by atoms with Crippen LogP contribution in [-0.4, -0.2) is 9.55 Å². The third-order valence-electron chi connectivity index (χ3n) is 2.65. The number of imidazole rings is 1. The van der Waals surface area contributed by atoms with E-state index in [4.69, 9.17) is 5.73 Å². The molecule has 0 saturated carbocycles. The Morgan fingerprint density at radius 1 is 1.33 bits per heavy atom. The van der Waals surface area contributed by atoms with Crippen molar-refractivity contribution in [3.63, 3.8) is 0 Å². The van der Waals surface area contributed by atoms with Crippen LogP contribution in [0.5, 0.6) is 0 Å². The highest BCUT2D eigenvalue weighted by Gasteiger charge is 2.10. The van der Waals surface area contributed by atoms with Crippen molar-refractivity contribution in [3.8, 4) is 11.3 Å². The summed E-state index contributed by atoms with van der Waals surface area (Å²) in [6, 6.07) is 8.22. The molecule has 1 aromatic heterocycles. The van der Waals surface area contributed by atoms with Crippen molar-refractivity contribution in [1.82, 2.24) is 9.55 Å². The van der Waals surface area contributed by atoms with Crippen molar-refractivity contribution in [1.29, 1.82) is 0 Å². The minimum absolute atomic E-state index is 0.514. The van der Waals surface area contributed by atoms with Gasteiger partial charge in [0.1, 0.15) is 0 Å². The molecule has 1 heterocycles. The number of aromatic nitrogens is 2. The summed E-state index contributed by atoms with van der Waals surface area (Å²) in [5, 5.41) is 0. The molecule has 0 bridgehead atoms. The topological polar surface area (TPSA) is 43.8 Å². The van der Waals surface area contributed by atoms with Gasteiger partial charge in [-0.3, -0.25) is 0 Å². The molecule has 0 aliphatic rings. The summed E-state index contributed by atoms with van der Waals surface area (Å²) in [5.41, 5.74) is 10.2. The molecule has 0 spiro atoms. The number of benzene rings is 1. The molecule has 0 atom stereocenters. The molecule has 1 aromatic carbocycles. The number of aryl methyl sites for hydroxylation is 2. The Bertz CT molecular complexity index is 471. The maximum absolute atomic E-state index is 5.72. The molecule has 0 fully saturated rings. The molecule has 0 radical (unpaired) electrons. The zero-order valence-electron chi connectivity index (χ0n) is 9.07. The molecule has 78 valence electrons. The van der Waals surface area contributed by atoms with E-state index >= 15 is 0 Å². The van der Waals surface area contributed by atoms with Crippen molar-refractivity contribution in [3.05, 3.63) is 41.9 Å². The average Bonchev–Trinajstić information content (AvgIpc) is 2.60. The summed E-state index contributed by atoms with van der Waals surface area (Å²) in [6.45, 7) is 2.60. The van der Waals surface area contributed by atoms with Crippen LogP contribution in [0.25, 0.3) is 11.3 Å². The highest BCUT2D eigenvalue weighted by atomic mass is 15.0. The van der Waals surface area contributed by atoms with E-state index in [9.17, 15) is 0 Å². The van der Waals surface area contributed by atoms with Gasteiger partial charge in [0.2, 0.25) is 0 Å². The van der Waals surface area contributed by atoms with Crippen molar-refractivity contribution in [2.75, 3.05) is 0 Å². The van der Waals surface area contributed by atoms with E-state index in [1.54, 1.807) is 0 Å². The molecule has 0 aliphatic carbocycles. The van der Waals surface area contributed by atoms with Gasteiger partial charge in [-0.2, -0.15) is 0 Å². The summed E-state index contributed by atoms with van der Waals surface area (Å²) in [7, 11) is 1.97. The Hall–Kier alpha value is -1.61. The Balaban J connectivity index is 2.59. The van der Waals surface area contributed by atoms with Gasteiger partial charge in [-0.15, -0.1) is 0 Å². The SMILES string of the molecule is Cc1ccccc1-c1ncn(C)c1CN. The van der Waals surface area contributed by atoms with E-state index in [0.29, 0.717) is 6.54 Å². The number of rotatable bonds is 2. The van der Waals surface area contributed by atoms with Crippen molar-refractivity contribution >= 4 is 0 Å². The van der Waals surface area contributed by atoms with Gasteiger partial charge < -0.3 is 10.3 Å². The molecular formula is C12H15N3. The van der Waals surface area contributed by atoms with Crippen molar-refractivity contribution < 1.29 is 0 Å².